The minimum absolute atomic E-state index is 0.354. The largest absolute Gasteiger partial charge is 0.350 e. The molecular weight excluding hydrogens is 248 g/mol. The van der Waals surface area contributed by atoms with Gasteiger partial charge in [0.2, 0.25) is 5.69 Å². The van der Waals surface area contributed by atoms with Gasteiger partial charge in [-0.1, -0.05) is 30.3 Å². The fourth-order valence-corrected chi connectivity index (χ4v) is 1.55. The summed E-state index contributed by atoms with van der Waals surface area (Å²) in [4.78, 5) is 35.7. The maximum Gasteiger partial charge on any atom is 0.342 e. The molecule has 0 atom stereocenters. The van der Waals surface area contributed by atoms with Crippen molar-refractivity contribution in [3.05, 3.63) is 62.4 Å². The molecule has 7 heteroatoms. The average Bonchev–Trinajstić information content (AvgIpc) is 2.39. The third kappa shape index (κ3) is 3.38. The molecule has 0 aliphatic carbocycles. The summed E-state index contributed by atoms with van der Waals surface area (Å²) in [5.41, 5.74) is -0.828. The van der Waals surface area contributed by atoms with Crippen LogP contribution in [0.5, 0.6) is 0 Å². The van der Waals surface area contributed by atoms with Crippen molar-refractivity contribution in [2.45, 2.75) is 6.42 Å². The number of hydrogen-bond donors (Lipinski definition) is 3. The van der Waals surface area contributed by atoms with Crippen LogP contribution in [0.15, 0.2) is 39.9 Å². The van der Waals surface area contributed by atoms with Gasteiger partial charge in [-0.2, -0.15) is 5.10 Å². The average molecular weight is 260 g/mol. The molecule has 19 heavy (non-hydrogen) atoms. The van der Waals surface area contributed by atoms with E-state index < -0.39 is 17.2 Å². The van der Waals surface area contributed by atoms with E-state index >= 15 is 0 Å². The van der Waals surface area contributed by atoms with E-state index in [1.807, 2.05) is 40.4 Å². The van der Waals surface area contributed by atoms with Crippen molar-refractivity contribution in [2.24, 2.45) is 0 Å². The molecule has 0 aliphatic rings. The molecule has 0 fully saturated rings. The van der Waals surface area contributed by atoms with Gasteiger partial charge in [0.1, 0.15) is 0 Å². The molecule has 0 aliphatic heterocycles. The second-order valence-electron chi connectivity index (χ2n) is 3.85. The van der Waals surface area contributed by atoms with Gasteiger partial charge in [-0.25, -0.2) is 9.89 Å². The molecule has 0 unspecified atom stereocenters. The second-order valence-corrected chi connectivity index (χ2v) is 3.85. The number of hydrogen-bond acceptors (Lipinski definition) is 4. The van der Waals surface area contributed by atoms with Crippen molar-refractivity contribution in [1.82, 2.24) is 20.5 Å². The number of aromatic amines is 2. The minimum Gasteiger partial charge on any atom is -0.350 e. The van der Waals surface area contributed by atoms with E-state index in [9.17, 15) is 14.4 Å². The summed E-state index contributed by atoms with van der Waals surface area (Å²) in [6.45, 7) is 0.378. The summed E-state index contributed by atoms with van der Waals surface area (Å²) in [6.07, 6.45) is 0.647. The Morgan fingerprint density at radius 3 is 2.63 bits per heavy atom. The monoisotopic (exact) mass is 260 g/mol. The normalized spacial score (nSPS) is 10.1. The first-order valence-corrected chi connectivity index (χ1v) is 5.68. The Kier molecular flexibility index (Phi) is 3.87. The summed E-state index contributed by atoms with van der Waals surface area (Å²) in [5.74, 6) is -0.617. The van der Waals surface area contributed by atoms with Gasteiger partial charge in [0.15, 0.2) is 0 Å². The van der Waals surface area contributed by atoms with E-state index in [-0.39, 0.29) is 5.69 Å². The molecule has 2 aromatic rings. The number of amides is 1. The molecule has 7 nitrogen and oxygen atoms in total. The van der Waals surface area contributed by atoms with E-state index in [0.717, 1.165) is 5.56 Å². The van der Waals surface area contributed by atoms with Crippen LogP contribution in [0.2, 0.25) is 0 Å². The molecule has 2 rings (SSSR count). The predicted molar refractivity (Wildman–Crippen MR) is 68.0 cm³/mol. The van der Waals surface area contributed by atoms with Gasteiger partial charge in [-0.05, 0) is 12.0 Å². The maximum absolute atomic E-state index is 11.7. The Morgan fingerprint density at radius 1 is 1.21 bits per heavy atom. The van der Waals surface area contributed by atoms with Crippen LogP contribution in [0.1, 0.15) is 16.1 Å². The molecule has 0 saturated heterocycles. The number of nitrogens with zero attached hydrogens (tertiary/aromatic N) is 1. The van der Waals surface area contributed by atoms with E-state index in [1.165, 1.54) is 0 Å². The van der Waals surface area contributed by atoms with Crippen LogP contribution >= 0.6 is 0 Å². The van der Waals surface area contributed by atoms with Crippen molar-refractivity contribution in [3.8, 4) is 0 Å². The standard InChI is InChI=1S/C12H12N4O3/c17-10(9-11(18)14-12(19)16-15-9)13-7-6-8-4-2-1-3-5-8/h1-5H,6-7H2,(H,13,17)(H2,14,16,18,19). The van der Waals surface area contributed by atoms with Gasteiger partial charge in [0.05, 0.1) is 0 Å². The lowest BCUT2D eigenvalue weighted by atomic mass is 10.1. The third-order valence-electron chi connectivity index (χ3n) is 2.47. The van der Waals surface area contributed by atoms with Gasteiger partial charge >= 0.3 is 5.69 Å². The van der Waals surface area contributed by atoms with E-state index in [2.05, 4.69) is 10.4 Å². The lowest BCUT2D eigenvalue weighted by Gasteiger charge is -2.03. The molecule has 1 amide bonds. The SMILES string of the molecule is O=C(NCCc1ccccc1)c1n[nH]c(=O)[nH]c1=O. The Hall–Kier alpha value is -2.70. The number of benzene rings is 1. The Labute approximate surface area is 107 Å². The molecule has 0 radical (unpaired) electrons. The van der Waals surface area contributed by atoms with Gasteiger partial charge in [0.25, 0.3) is 11.5 Å². The highest BCUT2D eigenvalue weighted by molar-refractivity contribution is 5.91. The van der Waals surface area contributed by atoms with Gasteiger partial charge < -0.3 is 5.32 Å². The minimum atomic E-state index is -0.805. The highest BCUT2D eigenvalue weighted by atomic mass is 16.2. The van der Waals surface area contributed by atoms with Crippen LogP contribution in [0.25, 0.3) is 0 Å². The molecular formula is C12H12N4O3. The lowest BCUT2D eigenvalue weighted by molar-refractivity contribution is 0.0946. The molecule has 1 aromatic carbocycles. The number of carbonyl (C=O) groups excluding carboxylic acids is 1. The summed E-state index contributed by atoms with van der Waals surface area (Å²) < 4.78 is 0. The van der Waals surface area contributed by atoms with E-state index in [0.29, 0.717) is 13.0 Å². The molecule has 0 saturated carbocycles. The molecule has 0 spiro atoms. The van der Waals surface area contributed by atoms with Gasteiger partial charge in [-0.15, -0.1) is 0 Å². The van der Waals surface area contributed by atoms with Crippen LogP contribution in [0.3, 0.4) is 0 Å². The van der Waals surface area contributed by atoms with Crippen molar-refractivity contribution < 1.29 is 4.79 Å². The zero-order valence-corrected chi connectivity index (χ0v) is 9.97. The van der Waals surface area contributed by atoms with Crippen molar-refractivity contribution in [2.75, 3.05) is 6.54 Å². The van der Waals surface area contributed by atoms with Crippen LogP contribution in [-0.4, -0.2) is 27.6 Å². The highest BCUT2D eigenvalue weighted by Crippen LogP contribution is 1.98. The Morgan fingerprint density at radius 2 is 1.95 bits per heavy atom. The van der Waals surface area contributed by atoms with Crippen molar-refractivity contribution >= 4 is 5.91 Å². The first-order valence-electron chi connectivity index (χ1n) is 5.68. The van der Waals surface area contributed by atoms with Gasteiger partial charge in [0, 0.05) is 6.54 Å². The molecule has 1 aromatic heterocycles. The summed E-state index contributed by atoms with van der Waals surface area (Å²) in [7, 11) is 0. The van der Waals surface area contributed by atoms with Crippen LogP contribution in [0, 0.1) is 0 Å². The first-order chi connectivity index (χ1) is 9.16. The third-order valence-corrected chi connectivity index (χ3v) is 2.47. The first kappa shape index (κ1) is 12.7. The van der Waals surface area contributed by atoms with E-state index in [4.69, 9.17) is 0 Å². The molecule has 98 valence electrons. The second kappa shape index (κ2) is 5.76. The number of aromatic nitrogens is 3. The predicted octanol–water partition coefficient (Wildman–Crippen LogP) is -0.569. The molecule has 3 N–H and O–H groups in total. The summed E-state index contributed by atoms with van der Waals surface area (Å²) in [6, 6.07) is 9.61. The Bertz CT molecular complexity index is 675. The zero-order valence-electron chi connectivity index (χ0n) is 9.97. The quantitative estimate of drug-likeness (QED) is 0.684. The number of H-pyrrole nitrogens is 2. The number of rotatable bonds is 4. The molecule has 0 bridgehead atoms. The van der Waals surface area contributed by atoms with E-state index in [1.54, 1.807) is 0 Å². The maximum atomic E-state index is 11.7. The topological polar surface area (TPSA) is 108 Å². The summed E-state index contributed by atoms with van der Waals surface area (Å²) in [5, 5.41) is 7.98. The Balaban J connectivity index is 1.95. The highest BCUT2D eigenvalue weighted by Gasteiger charge is 2.12. The van der Waals surface area contributed by atoms with Crippen LogP contribution < -0.4 is 16.6 Å². The smallest absolute Gasteiger partial charge is 0.342 e. The van der Waals surface area contributed by atoms with Crippen molar-refractivity contribution in [3.63, 3.8) is 0 Å². The number of nitrogens with one attached hydrogen (secondary N) is 3. The molecule has 1 heterocycles. The van der Waals surface area contributed by atoms with Crippen LogP contribution in [0.4, 0.5) is 0 Å². The zero-order chi connectivity index (χ0) is 13.7. The fourth-order valence-electron chi connectivity index (χ4n) is 1.55. The van der Waals surface area contributed by atoms with Gasteiger partial charge in [-0.3, -0.25) is 14.6 Å². The number of carbonyl (C=O) groups is 1. The lowest BCUT2D eigenvalue weighted by Crippen LogP contribution is -2.36. The fraction of sp³-hybridized carbons (Fsp3) is 0.167. The summed E-state index contributed by atoms with van der Waals surface area (Å²) >= 11 is 0. The van der Waals surface area contributed by atoms with Crippen LogP contribution in [-0.2, 0) is 6.42 Å². The van der Waals surface area contributed by atoms with Crippen molar-refractivity contribution in [1.29, 1.82) is 0 Å².